The number of phenolic OH excluding ortho intramolecular Hbond substituents is 1. The van der Waals surface area contributed by atoms with Crippen molar-refractivity contribution in [1.82, 2.24) is 10.3 Å². The summed E-state index contributed by atoms with van der Waals surface area (Å²) in [6.07, 6.45) is 11.6. The smallest absolute Gasteiger partial charge is 0.331 e. The van der Waals surface area contributed by atoms with E-state index in [0.29, 0.717) is 30.9 Å². The monoisotopic (exact) mass is 739 g/mol. The zero-order valence-electron chi connectivity index (χ0n) is 30.1. The summed E-state index contributed by atoms with van der Waals surface area (Å²) in [7, 11) is 0. The molecule has 5 N–H and O–H groups in total. The van der Waals surface area contributed by atoms with E-state index >= 15 is 0 Å². The molecule has 0 bridgehead atoms. The van der Waals surface area contributed by atoms with E-state index in [2.05, 4.69) is 10.3 Å². The molecule has 54 heavy (non-hydrogen) atoms. The Kier molecular flexibility index (Phi) is 9.46. The number of hydrogen-bond acceptors (Lipinski definition) is 12. The molecular formula is C40H43N4O10+. The molecule has 14 nitrogen and oxygen atoms in total. The molecule has 0 amide bonds. The maximum Gasteiger partial charge on any atom is 0.331 e. The van der Waals surface area contributed by atoms with Crippen molar-refractivity contribution in [3.05, 3.63) is 98.5 Å². The summed E-state index contributed by atoms with van der Waals surface area (Å²) in [5.41, 5.74) is -3.13. The van der Waals surface area contributed by atoms with Crippen LogP contribution in [0.1, 0.15) is 69.0 Å². The number of carbonyl (C=O) groups excluding carboxylic acids is 3. The molecule has 1 fully saturated rings. The van der Waals surface area contributed by atoms with E-state index in [0.717, 1.165) is 26.2 Å². The molecule has 6 atom stereocenters. The molecule has 0 spiro atoms. The third-order valence-electron chi connectivity index (χ3n) is 11.2. The molecule has 0 saturated carbocycles. The number of fused-ring (bicyclic) bond motifs is 6. The van der Waals surface area contributed by atoms with Crippen LogP contribution in [-0.2, 0) is 19.9 Å². The van der Waals surface area contributed by atoms with Crippen LogP contribution in [0.5, 0.6) is 17.2 Å². The van der Waals surface area contributed by atoms with Crippen molar-refractivity contribution in [2.24, 2.45) is 16.8 Å². The summed E-state index contributed by atoms with van der Waals surface area (Å²) in [4.78, 5) is 63.8. The first kappa shape index (κ1) is 35.9. The number of aryl methyl sites for hydroxylation is 1. The number of aromatic nitrogens is 1. The number of ether oxygens (including phenoxy) is 4. The van der Waals surface area contributed by atoms with Crippen molar-refractivity contribution < 1.29 is 48.4 Å². The van der Waals surface area contributed by atoms with Crippen LogP contribution in [-0.4, -0.2) is 96.7 Å². The second kappa shape index (κ2) is 14.3. The molecular weight excluding hydrogens is 696 g/mol. The number of hydrogen-bond donors (Lipinski definition) is 5. The molecule has 1 aromatic carbocycles. The van der Waals surface area contributed by atoms with Crippen LogP contribution in [0.2, 0.25) is 0 Å². The van der Waals surface area contributed by atoms with E-state index in [1.807, 2.05) is 25.2 Å². The number of Topliss-reactive ketones (excluding diaryl/α,β-unsaturated/α-hetero) is 2. The van der Waals surface area contributed by atoms with Gasteiger partial charge >= 0.3 is 5.97 Å². The first-order valence-electron chi connectivity index (χ1n) is 18.4. The van der Waals surface area contributed by atoms with Gasteiger partial charge in [0, 0.05) is 47.5 Å². The summed E-state index contributed by atoms with van der Waals surface area (Å²) >= 11 is 0. The number of phenols is 1. The lowest BCUT2D eigenvalue weighted by Gasteiger charge is -2.48. The van der Waals surface area contributed by atoms with Gasteiger partial charge in [0.1, 0.15) is 11.9 Å². The van der Waals surface area contributed by atoms with E-state index in [1.165, 1.54) is 17.0 Å². The largest absolute Gasteiger partial charge is 0.507 e. The Hall–Kier alpha value is -5.15. The number of aliphatic hydroxyl groups is 1. The predicted molar refractivity (Wildman–Crippen MR) is 194 cm³/mol. The van der Waals surface area contributed by atoms with Crippen LogP contribution < -0.4 is 25.2 Å². The van der Waals surface area contributed by atoms with Crippen molar-refractivity contribution in [2.45, 2.75) is 50.6 Å². The molecule has 14 heteroatoms. The van der Waals surface area contributed by atoms with Crippen LogP contribution in [0.25, 0.3) is 0 Å². The fraction of sp³-hybridized carbons (Fsp3) is 0.425. The van der Waals surface area contributed by atoms with Gasteiger partial charge in [-0.3, -0.25) is 19.4 Å². The number of esters is 1. The summed E-state index contributed by atoms with van der Waals surface area (Å²) in [6.45, 7) is 7.98. The zero-order chi connectivity index (χ0) is 37.7. The topological polar surface area (TPSA) is 190 Å². The van der Waals surface area contributed by atoms with Gasteiger partial charge in [-0.15, -0.1) is 0 Å². The number of carbonyl (C=O) groups is 3. The first-order valence-corrected chi connectivity index (χ1v) is 18.4. The highest BCUT2D eigenvalue weighted by molar-refractivity contribution is 6.20. The Bertz CT molecular complexity index is 2130. The SMILES string of the molecule is C/C=C/C=C/C=C/C(=O)O[C@@H]1C=CC[C@H]2C(=NCC[NH+]3CCNCC3)c3c(O)c4c5c(c3O[C@H]12)OCO[C@@H]5C[C@@H]1C(=O)c2cc(C)[nH]c(=O)c2C(=O)[C@]41O. The average molecular weight is 740 g/mol. The van der Waals surface area contributed by atoms with E-state index < -0.39 is 70.2 Å². The number of nitrogens with zero attached hydrogens (tertiary/aromatic N) is 1. The van der Waals surface area contributed by atoms with Crippen molar-refractivity contribution >= 4 is 23.2 Å². The standard InChI is InChI=1S/C40H42N4O10/c1-3-4-5-6-7-11-27(45)53-25-10-8-9-22-32(42-14-17-44-15-12-41-13-16-44)30-34(47)31-29-26(51-20-52-36(29)37(30)54-35(22)25)19-24-33(46)23-18-21(2)43-39(49)28(23)38(48)40(24,31)50/h3-8,10-11,18,22,24-26,35,41,47,50H,9,12-17,19-20H2,1-2H3,(H,43,49)/p+1/b4-3+,6-5+,11-7+,42-32?/t22-,24+,25+,26+,35-,40+/m0/s1. The Morgan fingerprint density at radius 3 is 2.72 bits per heavy atom. The molecule has 0 unspecified atom stereocenters. The number of ketones is 2. The Labute approximate surface area is 310 Å². The van der Waals surface area contributed by atoms with Gasteiger partial charge < -0.3 is 44.4 Å². The summed E-state index contributed by atoms with van der Waals surface area (Å²) in [5.74, 6) is -4.33. The second-order valence-corrected chi connectivity index (χ2v) is 14.4. The van der Waals surface area contributed by atoms with Crippen LogP contribution in [0.3, 0.4) is 0 Å². The maximum atomic E-state index is 14.4. The highest BCUT2D eigenvalue weighted by Gasteiger charge is 2.63. The van der Waals surface area contributed by atoms with Crippen LogP contribution in [0.4, 0.5) is 0 Å². The Balaban J connectivity index is 1.26. The van der Waals surface area contributed by atoms with E-state index in [4.69, 9.17) is 23.9 Å². The summed E-state index contributed by atoms with van der Waals surface area (Å²) < 4.78 is 24.7. The zero-order valence-corrected chi connectivity index (χ0v) is 30.1. The summed E-state index contributed by atoms with van der Waals surface area (Å²) in [5, 5.41) is 28.5. The van der Waals surface area contributed by atoms with Gasteiger partial charge in [-0.05, 0) is 38.8 Å². The number of piperazine rings is 1. The lowest BCUT2D eigenvalue weighted by atomic mass is 9.60. The number of aliphatic imine (C=N–C) groups is 1. The number of nitrogens with one attached hydrogen (secondary N) is 3. The number of allylic oxidation sites excluding steroid dienone is 6. The van der Waals surface area contributed by atoms with Crippen molar-refractivity contribution in [1.29, 1.82) is 0 Å². The predicted octanol–water partition coefficient (Wildman–Crippen LogP) is 1.30. The molecule has 1 aromatic heterocycles. The number of benzene rings is 1. The minimum atomic E-state index is -2.62. The number of H-pyrrole nitrogens is 1. The molecule has 4 heterocycles. The van der Waals surface area contributed by atoms with Gasteiger partial charge in [-0.1, -0.05) is 36.5 Å². The number of rotatable bonds is 7. The van der Waals surface area contributed by atoms with Gasteiger partial charge in [0.25, 0.3) is 5.56 Å². The maximum absolute atomic E-state index is 14.4. The molecule has 8 rings (SSSR count). The minimum Gasteiger partial charge on any atom is -0.507 e. The lowest BCUT2D eigenvalue weighted by molar-refractivity contribution is -0.900. The van der Waals surface area contributed by atoms with Crippen LogP contribution in [0.15, 0.2) is 64.5 Å². The number of quaternary nitrogens is 1. The number of aromatic amines is 1. The van der Waals surface area contributed by atoms with Gasteiger partial charge in [-0.2, -0.15) is 0 Å². The molecule has 0 radical (unpaired) electrons. The Morgan fingerprint density at radius 1 is 1.13 bits per heavy atom. The third kappa shape index (κ3) is 5.84. The van der Waals surface area contributed by atoms with Crippen LogP contribution >= 0.6 is 0 Å². The van der Waals surface area contributed by atoms with Crippen molar-refractivity contribution in [2.75, 3.05) is 46.1 Å². The van der Waals surface area contributed by atoms with Crippen molar-refractivity contribution in [3.63, 3.8) is 0 Å². The van der Waals surface area contributed by atoms with Crippen molar-refractivity contribution in [3.8, 4) is 17.2 Å². The molecule has 282 valence electrons. The van der Waals surface area contributed by atoms with Gasteiger partial charge in [0.05, 0.1) is 55.0 Å². The average Bonchev–Trinajstić information content (AvgIpc) is 3.16. The normalized spacial score (nSPS) is 29.4. The van der Waals surface area contributed by atoms with E-state index in [1.54, 1.807) is 31.2 Å². The molecule has 3 aliphatic heterocycles. The molecule has 1 saturated heterocycles. The van der Waals surface area contributed by atoms with E-state index in [-0.39, 0.29) is 47.0 Å². The molecule has 3 aliphatic carbocycles. The fourth-order valence-corrected chi connectivity index (χ4v) is 8.74. The summed E-state index contributed by atoms with van der Waals surface area (Å²) in [6, 6.07) is 1.43. The number of aromatic hydroxyl groups is 1. The fourth-order valence-electron chi connectivity index (χ4n) is 8.74. The lowest BCUT2D eigenvalue weighted by Crippen LogP contribution is -3.15. The first-order chi connectivity index (χ1) is 26.1. The molecule has 6 aliphatic rings. The number of pyridine rings is 1. The highest BCUT2D eigenvalue weighted by atomic mass is 16.7. The van der Waals surface area contributed by atoms with Gasteiger partial charge in [0.2, 0.25) is 5.78 Å². The molecule has 2 aromatic rings. The Morgan fingerprint density at radius 2 is 1.93 bits per heavy atom. The highest BCUT2D eigenvalue weighted by Crippen LogP contribution is 2.62. The minimum absolute atomic E-state index is 0.0776. The quantitative estimate of drug-likeness (QED) is 0.119. The van der Waals surface area contributed by atoms with Gasteiger partial charge in [0.15, 0.2) is 35.8 Å². The van der Waals surface area contributed by atoms with Crippen LogP contribution in [0, 0.1) is 18.8 Å². The van der Waals surface area contributed by atoms with E-state index in [9.17, 15) is 29.4 Å². The second-order valence-electron chi connectivity index (χ2n) is 14.4. The van der Waals surface area contributed by atoms with Gasteiger partial charge in [-0.25, -0.2) is 4.79 Å². The third-order valence-corrected chi connectivity index (χ3v) is 11.2.